The van der Waals surface area contributed by atoms with Crippen molar-refractivity contribution in [1.29, 1.82) is 0 Å². The zero-order valence-electron chi connectivity index (χ0n) is 13.6. The molecular weight excluding hydrogens is 322 g/mol. The number of rotatable bonds is 8. The van der Waals surface area contributed by atoms with Crippen molar-refractivity contribution in [3.8, 4) is 5.75 Å². The van der Waals surface area contributed by atoms with E-state index in [9.17, 15) is 9.59 Å². The largest absolute Gasteiger partial charge is 0.484 e. The fourth-order valence-electron chi connectivity index (χ4n) is 1.59. The number of methoxy groups -OCH3 is 1. The maximum Gasteiger partial charge on any atom is 0.259 e. The van der Waals surface area contributed by atoms with Crippen molar-refractivity contribution < 1.29 is 19.1 Å². The number of nitrogens with two attached hydrogens (primary N) is 1. The fraction of sp³-hybridized carbons (Fsp3) is 0.467. The van der Waals surface area contributed by atoms with Crippen LogP contribution in [-0.2, 0) is 20.9 Å². The summed E-state index contributed by atoms with van der Waals surface area (Å²) in [4.78, 5) is 24.6. The average molecular weight is 346 g/mol. The molecule has 2 amide bonds. The number of carbonyl (C=O) groups is 2. The highest BCUT2D eigenvalue weighted by Gasteiger charge is 2.12. The number of ether oxygens (including phenoxy) is 2. The van der Waals surface area contributed by atoms with Crippen molar-refractivity contribution in [3.05, 3.63) is 29.8 Å². The van der Waals surface area contributed by atoms with E-state index in [1.54, 1.807) is 32.3 Å². The molecule has 0 aliphatic carbocycles. The van der Waals surface area contributed by atoms with Crippen LogP contribution in [0, 0.1) is 0 Å². The van der Waals surface area contributed by atoms with Crippen molar-refractivity contribution in [3.63, 3.8) is 0 Å². The van der Waals surface area contributed by atoms with E-state index < -0.39 is 6.04 Å². The second kappa shape index (κ2) is 10.8. The lowest BCUT2D eigenvalue weighted by Gasteiger charge is -2.13. The van der Waals surface area contributed by atoms with Gasteiger partial charge in [0.15, 0.2) is 6.61 Å². The second-order valence-corrected chi connectivity index (χ2v) is 5.00. The molecule has 1 rings (SSSR count). The molecule has 0 radical (unpaired) electrons. The Morgan fingerprint density at radius 3 is 2.65 bits per heavy atom. The average Bonchev–Trinajstić information content (AvgIpc) is 2.50. The van der Waals surface area contributed by atoms with Gasteiger partial charge in [0.2, 0.25) is 5.91 Å². The van der Waals surface area contributed by atoms with Crippen molar-refractivity contribution in [1.82, 2.24) is 10.2 Å². The highest BCUT2D eigenvalue weighted by atomic mass is 35.5. The van der Waals surface area contributed by atoms with E-state index in [2.05, 4.69) is 5.32 Å². The molecule has 0 aliphatic heterocycles. The lowest BCUT2D eigenvalue weighted by molar-refractivity contribution is -0.130. The Balaban J connectivity index is 0.00000484. The van der Waals surface area contributed by atoms with Crippen LogP contribution < -0.4 is 15.8 Å². The van der Waals surface area contributed by atoms with Gasteiger partial charge in [-0.05, 0) is 17.7 Å². The van der Waals surface area contributed by atoms with Gasteiger partial charge in [0.25, 0.3) is 5.91 Å². The zero-order valence-corrected chi connectivity index (χ0v) is 14.4. The van der Waals surface area contributed by atoms with Crippen LogP contribution in [0.1, 0.15) is 5.56 Å². The van der Waals surface area contributed by atoms with Crippen molar-refractivity contribution in [2.24, 2.45) is 5.73 Å². The van der Waals surface area contributed by atoms with E-state index in [4.69, 9.17) is 15.2 Å². The first-order valence-electron chi connectivity index (χ1n) is 6.88. The van der Waals surface area contributed by atoms with Gasteiger partial charge in [-0.25, -0.2) is 0 Å². The third-order valence-electron chi connectivity index (χ3n) is 2.91. The van der Waals surface area contributed by atoms with E-state index in [1.807, 2.05) is 6.07 Å². The van der Waals surface area contributed by atoms with Gasteiger partial charge in [-0.1, -0.05) is 12.1 Å². The van der Waals surface area contributed by atoms with Crippen LogP contribution in [0.2, 0.25) is 0 Å². The normalized spacial score (nSPS) is 11.1. The minimum Gasteiger partial charge on any atom is -0.484 e. The lowest BCUT2D eigenvalue weighted by Crippen LogP contribution is -2.43. The minimum absolute atomic E-state index is 0. The van der Waals surface area contributed by atoms with Crippen LogP contribution in [-0.4, -0.2) is 57.2 Å². The maximum atomic E-state index is 11.7. The summed E-state index contributed by atoms with van der Waals surface area (Å²) >= 11 is 0. The Hall–Kier alpha value is -1.83. The molecule has 0 aromatic heterocycles. The molecule has 0 aliphatic rings. The highest BCUT2D eigenvalue weighted by molar-refractivity contribution is 5.85. The standard InChI is InChI=1S/C15H23N3O4.ClH/c1-18(2)14(19)10-22-12-6-4-5-11(7-12)8-17-15(20)13(16)9-21-3;/h4-7,13H,8-10,16H2,1-3H3,(H,17,20);1H. The Kier molecular flexibility index (Phi) is 9.96. The van der Waals surface area contributed by atoms with Crippen LogP contribution in [0.3, 0.4) is 0 Å². The predicted molar refractivity (Wildman–Crippen MR) is 89.6 cm³/mol. The van der Waals surface area contributed by atoms with Crippen molar-refractivity contribution in [2.75, 3.05) is 34.4 Å². The Labute approximate surface area is 142 Å². The first kappa shape index (κ1) is 21.2. The summed E-state index contributed by atoms with van der Waals surface area (Å²) in [5.74, 6) is 0.170. The van der Waals surface area contributed by atoms with Gasteiger partial charge in [0.1, 0.15) is 11.8 Å². The van der Waals surface area contributed by atoms with Crippen molar-refractivity contribution >= 4 is 24.2 Å². The first-order chi connectivity index (χ1) is 10.4. The van der Waals surface area contributed by atoms with Gasteiger partial charge in [-0.15, -0.1) is 12.4 Å². The Morgan fingerprint density at radius 2 is 2.04 bits per heavy atom. The molecule has 3 N–H and O–H groups in total. The molecule has 7 nitrogen and oxygen atoms in total. The van der Waals surface area contributed by atoms with E-state index in [0.717, 1.165) is 5.56 Å². The number of halogens is 1. The molecular formula is C15H24ClN3O4. The molecule has 0 saturated heterocycles. The highest BCUT2D eigenvalue weighted by Crippen LogP contribution is 2.13. The third-order valence-corrected chi connectivity index (χ3v) is 2.91. The first-order valence-corrected chi connectivity index (χ1v) is 6.88. The van der Waals surface area contributed by atoms with E-state index in [-0.39, 0.29) is 37.4 Å². The molecule has 8 heteroatoms. The van der Waals surface area contributed by atoms with Crippen LogP contribution in [0.5, 0.6) is 5.75 Å². The van der Waals surface area contributed by atoms with Gasteiger partial charge in [0.05, 0.1) is 6.61 Å². The monoisotopic (exact) mass is 345 g/mol. The number of benzene rings is 1. The summed E-state index contributed by atoms with van der Waals surface area (Å²) in [7, 11) is 4.82. The number of likely N-dealkylation sites (N-methyl/N-ethyl adjacent to an activating group) is 1. The summed E-state index contributed by atoms with van der Waals surface area (Å²) in [6, 6.07) is 6.48. The fourth-order valence-corrected chi connectivity index (χ4v) is 1.59. The molecule has 1 aromatic carbocycles. The summed E-state index contributed by atoms with van der Waals surface area (Å²) in [5, 5.41) is 2.72. The number of nitrogens with one attached hydrogen (secondary N) is 1. The van der Waals surface area contributed by atoms with Crippen molar-refractivity contribution in [2.45, 2.75) is 12.6 Å². The number of amides is 2. The molecule has 1 atom stereocenters. The summed E-state index contributed by atoms with van der Waals surface area (Å²) in [6.07, 6.45) is 0. The quantitative estimate of drug-likeness (QED) is 0.700. The van der Waals surface area contributed by atoms with Crippen LogP contribution in [0.25, 0.3) is 0 Å². The van der Waals surface area contributed by atoms with E-state index in [0.29, 0.717) is 12.3 Å². The molecule has 0 heterocycles. The molecule has 0 spiro atoms. The maximum absolute atomic E-state index is 11.7. The van der Waals surface area contributed by atoms with Crippen LogP contribution >= 0.6 is 12.4 Å². The molecule has 23 heavy (non-hydrogen) atoms. The minimum atomic E-state index is -0.692. The van der Waals surface area contributed by atoms with E-state index >= 15 is 0 Å². The number of hydrogen-bond acceptors (Lipinski definition) is 5. The topological polar surface area (TPSA) is 93.9 Å². The second-order valence-electron chi connectivity index (χ2n) is 5.00. The van der Waals surface area contributed by atoms with Crippen LogP contribution in [0.15, 0.2) is 24.3 Å². The smallest absolute Gasteiger partial charge is 0.259 e. The van der Waals surface area contributed by atoms with Gasteiger partial charge in [0, 0.05) is 27.7 Å². The number of hydrogen-bond donors (Lipinski definition) is 2. The molecule has 0 fully saturated rings. The van der Waals surface area contributed by atoms with Gasteiger partial charge in [-0.2, -0.15) is 0 Å². The van der Waals surface area contributed by atoms with Gasteiger partial charge >= 0.3 is 0 Å². The summed E-state index contributed by atoms with van der Waals surface area (Å²) in [5.41, 5.74) is 6.48. The molecule has 0 bridgehead atoms. The summed E-state index contributed by atoms with van der Waals surface area (Å²) < 4.78 is 10.2. The predicted octanol–water partition coefficient (Wildman–Crippen LogP) is 0.165. The Bertz CT molecular complexity index is 511. The molecule has 1 aromatic rings. The summed E-state index contributed by atoms with van der Waals surface area (Å²) in [6.45, 7) is 0.470. The molecule has 1 unspecified atom stereocenters. The number of carbonyl (C=O) groups excluding carboxylic acids is 2. The Morgan fingerprint density at radius 1 is 1.35 bits per heavy atom. The van der Waals surface area contributed by atoms with E-state index in [1.165, 1.54) is 12.0 Å². The SMILES string of the molecule is COCC(N)C(=O)NCc1cccc(OCC(=O)N(C)C)c1.Cl. The third kappa shape index (κ3) is 7.83. The number of nitrogens with zero attached hydrogens (tertiary/aromatic N) is 1. The zero-order chi connectivity index (χ0) is 16.5. The lowest BCUT2D eigenvalue weighted by atomic mass is 10.2. The molecule has 0 saturated carbocycles. The van der Waals surface area contributed by atoms with Crippen LogP contribution in [0.4, 0.5) is 0 Å². The van der Waals surface area contributed by atoms with Gasteiger partial charge in [-0.3, -0.25) is 9.59 Å². The molecule has 130 valence electrons. The van der Waals surface area contributed by atoms with Gasteiger partial charge < -0.3 is 25.4 Å².